The van der Waals surface area contributed by atoms with Crippen LogP contribution in [0.1, 0.15) is 5.56 Å². The van der Waals surface area contributed by atoms with E-state index in [1.165, 1.54) is 30.6 Å². The molecule has 0 aliphatic heterocycles. The number of sulfonamides is 1. The summed E-state index contributed by atoms with van der Waals surface area (Å²) in [6.07, 6.45) is 3.06. The number of para-hydroxylation sites is 2. The number of fused-ring (bicyclic) bond motifs is 2. The van der Waals surface area contributed by atoms with Crippen molar-refractivity contribution in [3.63, 3.8) is 0 Å². The average molecular weight is 550 g/mol. The third-order valence-electron chi connectivity index (χ3n) is 6.74. The van der Waals surface area contributed by atoms with Gasteiger partial charge < -0.3 is 5.32 Å². The number of pyridine rings is 1. The third kappa shape index (κ3) is 4.60. The van der Waals surface area contributed by atoms with Crippen LogP contribution in [-0.2, 0) is 16.6 Å². The number of nitrogens with zero attached hydrogens (tertiary/aromatic N) is 4. The first kappa shape index (κ1) is 25.4. The fourth-order valence-electron chi connectivity index (χ4n) is 4.81. The summed E-state index contributed by atoms with van der Waals surface area (Å²) >= 11 is 0. The van der Waals surface area contributed by atoms with Crippen molar-refractivity contribution in [2.24, 2.45) is 0 Å². The third-order valence-corrected chi connectivity index (χ3v) is 8.53. The Morgan fingerprint density at radius 2 is 1.62 bits per heavy atom. The lowest BCUT2D eigenvalue weighted by Crippen LogP contribution is -2.31. The molecule has 2 aromatic heterocycles. The van der Waals surface area contributed by atoms with Crippen molar-refractivity contribution in [2.75, 3.05) is 16.7 Å². The van der Waals surface area contributed by atoms with Gasteiger partial charge in [0.2, 0.25) is 0 Å². The predicted molar refractivity (Wildman–Crippen MR) is 156 cm³/mol. The molecule has 0 unspecified atom stereocenters. The van der Waals surface area contributed by atoms with Crippen molar-refractivity contribution in [1.29, 1.82) is 0 Å². The number of hydrogen-bond donors (Lipinski definition) is 1. The van der Waals surface area contributed by atoms with E-state index in [1.54, 1.807) is 43.6 Å². The number of benzene rings is 4. The number of anilines is 2. The van der Waals surface area contributed by atoms with Crippen molar-refractivity contribution in [2.45, 2.75) is 11.4 Å². The molecule has 6 aromatic rings. The molecule has 0 fully saturated rings. The van der Waals surface area contributed by atoms with Gasteiger partial charge in [-0.05, 0) is 59.2 Å². The van der Waals surface area contributed by atoms with E-state index in [-0.39, 0.29) is 17.1 Å². The van der Waals surface area contributed by atoms with E-state index in [2.05, 4.69) is 20.3 Å². The fraction of sp³-hybridized carbons (Fsp3) is 0.0645. The highest BCUT2D eigenvalue weighted by molar-refractivity contribution is 7.93. The maximum Gasteiger partial charge on any atom is 0.266 e. The first-order valence-corrected chi connectivity index (χ1v) is 14.0. The average Bonchev–Trinajstić information content (AvgIpc) is 2.99. The lowest BCUT2D eigenvalue weighted by Gasteiger charge is -2.25. The molecule has 9 heteroatoms. The second kappa shape index (κ2) is 10.3. The van der Waals surface area contributed by atoms with Gasteiger partial charge in [0, 0.05) is 24.0 Å². The highest BCUT2D eigenvalue weighted by atomic mass is 32.2. The zero-order chi connectivity index (χ0) is 27.7. The normalized spacial score (nSPS) is 11.6. The van der Waals surface area contributed by atoms with Crippen LogP contribution in [0.3, 0.4) is 0 Å². The van der Waals surface area contributed by atoms with Crippen LogP contribution in [-0.4, -0.2) is 30.4 Å². The molecule has 0 bridgehead atoms. The van der Waals surface area contributed by atoms with Gasteiger partial charge in [0.15, 0.2) is 0 Å². The minimum Gasteiger partial charge on any atom is -0.373 e. The van der Waals surface area contributed by atoms with Gasteiger partial charge in [-0.15, -0.1) is 0 Å². The molecule has 0 saturated carbocycles. The van der Waals surface area contributed by atoms with Gasteiger partial charge in [-0.1, -0.05) is 54.6 Å². The minimum atomic E-state index is -4.21. The summed E-state index contributed by atoms with van der Waals surface area (Å²) in [5, 5.41) is 4.64. The van der Waals surface area contributed by atoms with E-state index < -0.39 is 15.8 Å². The minimum absolute atomic E-state index is 0.0131. The van der Waals surface area contributed by atoms with E-state index in [9.17, 15) is 8.42 Å². The van der Waals surface area contributed by atoms with Crippen LogP contribution >= 0.6 is 0 Å². The molecule has 6 rings (SSSR count). The number of nitrogens with one attached hydrogen (secondary N) is 1. The Kier molecular flexibility index (Phi) is 6.57. The van der Waals surface area contributed by atoms with Crippen LogP contribution in [0, 0.1) is 5.82 Å². The molecule has 0 aliphatic rings. The molecule has 2 heterocycles. The Balaban J connectivity index is 1.45. The van der Waals surface area contributed by atoms with Gasteiger partial charge in [-0.3, -0.25) is 9.29 Å². The molecule has 0 aliphatic carbocycles. The topological polar surface area (TPSA) is 88.1 Å². The maximum absolute atomic E-state index is 15.1. The predicted octanol–water partition coefficient (Wildman–Crippen LogP) is 6.42. The molecule has 40 heavy (non-hydrogen) atoms. The zero-order valence-electron chi connectivity index (χ0n) is 21.5. The van der Waals surface area contributed by atoms with Crippen LogP contribution in [0.15, 0.2) is 114 Å². The number of hydrogen-bond acceptors (Lipinski definition) is 6. The first-order valence-electron chi connectivity index (χ1n) is 12.6. The number of aromatic nitrogens is 3. The SMILES string of the molecule is CNc1ncnc2ccc(-c3cccc(CN(c4ccccc4F)S(=O)(=O)c4cccc5cccnc45)c3)cc12. The highest BCUT2D eigenvalue weighted by Crippen LogP contribution is 2.33. The Labute approximate surface area is 231 Å². The second-order valence-electron chi connectivity index (χ2n) is 9.20. The summed E-state index contributed by atoms with van der Waals surface area (Å²) in [4.78, 5) is 13.0. The Morgan fingerprint density at radius 1 is 0.825 bits per heavy atom. The molecule has 0 spiro atoms. The number of halogens is 1. The van der Waals surface area contributed by atoms with Gasteiger partial charge in [0.1, 0.15) is 22.9 Å². The van der Waals surface area contributed by atoms with Crippen LogP contribution in [0.4, 0.5) is 15.9 Å². The fourth-order valence-corrected chi connectivity index (χ4v) is 6.44. The summed E-state index contributed by atoms with van der Waals surface area (Å²) in [6, 6.07) is 27.8. The highest BCUT2D eigenvalue weighted by Gasteiger charge is 2.29. The van der Waals surface area contributed by atoms with Crippen LogP contribution in [0.2, 0.25) is 0 Å². The van der Waals surface area contributed by atoms with E-state index in [1.807, 2.05) is 42.5 Å². The summed E-state index contributed by atoms with van der Waals surface area (Å²) < 4.78 is 44.6. The van der Waals surface area contributed by atoms with Gasteiger partial charge in [0.25, 0.3) is 10.0 Å². The number of rotatable bonds is 7. The summed E-state index contributed by atoms with van der Waals surface area (Å²) in [5.41, 5.74) is 3.58. The van der Waals surface area contributed by atoms with Gasteiger partial charge in [-0.25, -0.2) is 22.8 Å². The van der Waals surface area contributed by atoms with Gasteiger partial charge in [-0.2, -0.15) is 0 Å². The standard InChI is InChI=1S/C31H24FN5O2S/c1-33-31-25-18-24(14-15-27(25)35-20-36-31)23-9-4-7-21(17-23)19-37(28-12-3-2-11-26(28)32)40(38,39)29-13-5-8-22-10-6-16-34-30(22)29/h2-18,20H,19H2,1H3,(H,33,35,36). The van der Waals surface area contributed by atoms with Crippen molar-refractivity contribution >= 4 is 43.3 Å². The Hall–Kier alpha value is -4.89. The summed E-state index contributed by atoms with van der Waals surface area (Å²) in [6.45, 7) is -0.0845. The molecule has 198 valence electrons. The first-order chi connectivity index (χ1) is 19.5. The van der Waals surface area contributed by atoms with Gasteiger partial charge in [0.05, 0.1) is 23.3 Å². The summed E-state index contributed by atoms with van der Waals surface area (Å²) in [7, 11) is -2.41. The summed E-state index contributed by atoms with van der Waals surface area (Å²) in [5.74, 6) is 0.0769. The Morgan fingerprint density at radius 3 is 2.48 bits per heavy atom. The molecule has 7 nitrogen and oxygen atoms in total. The molecule has 1 N–H and O–H groups in total. The molecule has 0 amide bonds. The quantitative estimate of drug-likeness (QED) is 0.247. The zero-order valence-corrected chi connectivity index (χ0v) is 22.3. The molecular formula is C31H24FN5O2S. The molecule has 0 saturated heterocycles. The van der Waals surface area contributed by atoms with Crippen LogP contribution in [0.5, 0.6) is 0 Å². The van der Waals surface area contributed by atoms with Crippen molar-refractivity contribution in [3.05, 3.63) is 121 Å². The largest absolute Gasteiger partial charge is 0.373 e. The lowest BCUT2D eigenvalue weighted by atomic mass is 10.0. The monoisotopic (exact) mass is 549 g/mol. The van der Waals surface area contributed by atoms with Crippen LogP contribution < -0.4 is 9.62 Å². The lowest BCUT2D eigenvalue weighted by molar-refractivity contribution is 0.585. The van der Waals surface area contributed by atoms with E-state index >= 15 is 4.39 Å². The molecule has 4 aromatic carbocycles. The van der Waals surface area contributed by atoms with E-state index in [0.717, 1.165) is 26.3 Å². The second-order valence-corrected chi connectivity index (χ2v) is 11.0. The molecular weight excluding hydrogens is 525 g/mol. The molecule has 0 atom stereocenters. The van der Waals surface area contributed by atoms with Crippen molar-refractivity contribution < 1.29 is 12.8 Å². The van der Waals surface area contributed by atoms with E-state index in [0.29, 0.717) is 22.3 Å². The smallest absolute Gasteiger partial charge is 0.266 e. The maximum atomic E-state index is 15.1. The van der Waals surface area contributed by atoms with E-state index in [4.69, 9.17) is 0 Å². The van der Waals surface area contributed by atoms with Crippen molar-refractivity contribution in [1.82, 2.24) is 15.0 Å². The van der Waals surface area contributed by atoms with Crippen molar-refractivity contribution in [3.8, 4) is 11.1 Å². The van der Waals surface area contributed by atoms with Gasteiger partial charge >= 0.3 is 0 Å². The van der Waals surface area contributed by atoms with Crippen LogP contribution in [0.25, 0.3) is 32.9 Å². The molecule has 0 radical (unpaired) electrons. The Bertz CT molecular complexity index is 1980.